The highest BCUT2D eigenvalue weighted by molar-refractivity contribution is 6.29. The van der Waals surface area contributed by atoms with Gasteiger partial charge in [0.15, 0.2) is 6.29 Å². The molecule has 0 bridgehead atoms. The smallest absolute Gasteiger partial charge is 0.227 e. The summed E-state index contributed by atoms with van der Waals surface area (Å²) in [4.78, 5) is 28.3. The summed E-state index contributed by atoms with van der Waals surface area (Å²) in [7, 11) is 0. The molecular formula is C16H12ClFN2O2. The minimum absolute atomic E-state index is 0.00566. The number of benzene rings is 1. The monoisotopic (exact) mass is 318 g/mol. The summed E-state index contributed by atoms with van der Waals surface area (Å²) in [6, 6.07) is 5.92. The van der Waals surface area contributed by atoms with Gasteiger partial charge < -0.3 is 4.90 Å². The molecule has 112 valence electrons. The Morgan fingerprint density at radius 1 is 1.27 bits per heavy atom. The van der Waals surface area contributed by atoms with Crippen LogP contribution in [0.1, 0.15) is 23.2 Å². The number of carbonyl (C=O) groups is 2. The molecule has 1 aromatic heterocycles. The second-order valence-electron chi connectivity index (χ2n) is 5.03. The maximum Gasteiger partial charge on any atom is 0.227 e. The van der Waals surface area contributed by atoms with Gasteiger partial charge in [-0.15, -0.1) is 0 Å². The van der Waals surface area contributed by atoms with Gasteiger partial charge in [0.1, 0.15) is 11.0 Å². The van der Waals surface area contributed by atoms with E-state index in [0.717, 1.165) is 6.42 Å². The lowest BCUT2D eigenvalue weighted by molar-refractivity contribution is -0.117. The Balaban J connectivity index is 2.03. The highest BCUT2D eigenvalue weighted by Gasteiger charge is 2.23. The third-order valence-electron chi connectivity index (χ3n) is 3.66. The van der Waals surface area contributed by atoms with Gasteiger partial charge in [0.2, 0.25) is 5.91 Å². The molecule has 1 aromatic carbocycles. The van der Waals surface area contributed by atoms with E-state index in [2.05, 4.69) is 4.98 Å². The molecule has 0 radical (unpaired) electrons. The molecule has 0 atom stereocenters. The standard InChI is InChI=1S/C16H12ClFN2O2/c17-15-6-10(9-21)13(8-19-15)12-4-3-11(7-14(12)18)20-5-1-2-16(20)22/h3-4,6-9H,1-2,5H2. The predicted molar refractivity (Wildman–Crippen MR) is 81.6 cm³/mol. The van der Waals surface area contributed by atoms with Crippen LogP contribution in [0.4, 0.5) is 10.1 Å². The number of pyridine rings is 1. The fourth-order valence-electron chi connectivity index (χ4n) is 2.58. The Labute approximate surface area is 131 Å². The van der Waals surface area contributed by atoms with Crippen LogP contribution in [0.2, 0.25) is 5.15 Å². The van der Waals surface area contributed by atoms with Crippen molar-refractivity contribution in [1.82, 2.24) is 4.98 Å². The van der Waals surface area contributed by atoms with Crippen molar-refractivity contribution < 1.29 is 14.0 Å². The molecule has 0 N–H and O–H groups in total. The highest BCUT2D eigenvalue weighted by Crippen LogP contribution is 2.30. The fraction of sp³-hybridized carbons (Fsp3) is 0.188. The third kappa shape index (κ3) is 2.60. The lowest BCUT2D eigenvalue weighted by Crippen LogP contribution is -2.23. The maximum absolute atomic E-state index is 14.4. The van der Waals surface area contributed by atoms with Crippen LogP contribution in [-0.4, -0.2) is 23.7 Å². The lowest BCUT2D eigenvalue weighted by Gasteiger charge is -2.17. The van der Waals surface area contributed by atoms with Crippen molar-refractivity contribution in [3.05, 3.63) is 47.0 Å². The van der Waals surface area contributed by atoms with E-state index in [1.807, 2.05) is 0 Å². The van der Waals surface area contributed by atoms with Crippen molar-refractivity contribution in [2.75, 3.05) is 11.4 Å². The third-order valence-corrected chi connectivity index (χ3v) is 3.86. The summed E-state index contributed by atoms with van der Waals surface area (Å²) in [5.41, 5.74) is 1.42. The van der Waals surface area contributed by atoms with Crippen LogP contribution < -0.4 is 4.90 Å². The number of hydrogen-bond donors (Lipinski definition) is 0. The van der Waals surface area contributed by atoms with Crippen molar-refractivity contribution in [2.24, 2.45) is 0 Å². The molecule has 0 saturated carbocycles. The van der Waals surface area contributed by atoms with Gasteiger partial charge in [0.25, 0.3) is 0 Å². The van der Waals surface area contributed by atoms with Crippen LogP contribution in [0.5, 0.6) is 0 Å². The molecule has 1 fully saturated rings. The topological polar surface area (TPSA) is 50.3 Å². The molecule has 2 heterocycles. The largest absolute Gasteiger partial charge is 0.312 e. The summed E-state index contributed by atoms with van der Waals surface area (Å²) in [6.45, 7) is 0.597. The number of amides is 1. The molecule has 22 heavy (non-hydrogen) atoms. The molecule has 6 heteroatoms. The molecule has 0 spiro atoms. The Morgan fingerprint density at radius 2 is 2.09 bits per heavy atom. The number of hydrogen-bond acceptors (Lipinski definition) is 3. The minimum atomic E-state index is -0.510. The molecule has 1 amide bonds. The molecular weight excluding hydrogens is 307 g/mol. The van der Waals surface area contributed by atoms with E-state index in [4.69, 9.17) is 11.6 Å². The van der Waals surface area contributed by atoms with Crippen molar-refractivity contribution >= 4 is 29.5 Å². The number of halogens is 2. The molecule has 0 unspecified atom stereocenters. The van der Waals surface area contributed by atoms with Crippen LogP contribution in [0.25, 0.3) is 11.1 Å². The van der Waals surface area contributed by atoms with Crippen molar-refractivity contribution in [2.45, 2.75) is 12.8 Å². The number of anilines is 1. The Bertz CT molecular complexity index is 764. The van der Waals surface area contributed by atoms with Gasteiger partial charge in [-0.3, -0.25) is 9.59 Å². The van der Waals surface area contributed by atoms with Crippen LogP contribution in [0.3, 0.4) is 0 Å². The molecule has 4 nitrogen and oxygen atoms in total. The summed E-state index contributed by atoms with van der Waals surface area (Å²) in [5.74, 6) is -0.515. The Morgan fingerprint density at radius 3 is 2.73 bits per heavy atom. The number of aromatic nitrogens is 1. The highest BCUT2D eigenvalue weighted by atomic mass is 35.5. The lowest BCUT2D eigenvalue weighted by atomic mass is 10.0. The maximum atomic E-state index is 14.4. The van der Waals surface area contributed by atoms with E-state index in [0.29, 0.717) is 30.5 Å². The first-order chi connectivity index (χ1) is 10.6. The second-order valence-corrected chi connectivity index (χ2v) is 5.41. The molecule has 1 saturated heterocycles. The van der Waals surface area contributed by atoms with E-state index >= 15 is 0 Å². The number of aldehydes is 1. The number of carbonyl (C=O) groups excluding carboxylic acids is 2. The first kappa shape index (κ1) is 14.7. The Kier molecular flexibility index (Phi) is 3.90. The predicted octanol–water partition coefficient (Wildman–Crippen LogP) is 3.48. The zero-order chi connectivity index (χ0) is 15.7. The van der Waals surface area contributed by atoms with E-state index in [1.54, 1.807) is 17.0 Å². The van der Waals surface area contributed by atoms with Crippen molar-refractivity contribution in [3.8, 4) is 11.1 Å². The van der Waals surface area contributed by atoms with Gasteiger partial charge in [0.05, 0.1) is 0 Å². The first-order valence-corrected chi connectivity index (χ1v) is 7.19. The quantitative estimate of drug-likeness (QED) is 0.643. The van der Waals surface area contributed by atoms with Gasteiger partial charge in [-0.25, -0.2) is 9.37 Å². The first-order valence-electron chi connectivity index (χ1n) is 6.81. The van der Waals surface area contributed by atoms with E-state index in [9.17, 15) is 14.0 Å². The average Bonchev–Trinajstić information content (AvgIpc) is 2.93. The van der Waals surface area contributed by atoms with E-state index in [-0.39, 0.29) is 22.2 Å². The van der Waals surface area contributed by atoms with Gasteiger partial charge in [0, 0.05) is 41.5 Å². The molecule has 1 aliphatic rings. The van der Waals surface area contributed by atoms with E-state index in [1.165, 1.54) is 18.3 Å². The molecule has 1 aliphatic heterocycles. The summed E-state index contributed by atoms with van der Waals surface area (Å²) >= 11 is 5.74. The SMILES string of the molecule is O=Cc1cc(Cl)ncc1-c1ccc(N2CCCC2=O)cc1F. The minimum Gasteiger partial charge on any atom is -0.312 e. The number of nitrogens with zero attached hydrogens (tertiary/aromatic N) is 2. The summed E-state index contributed by atoms with van der Waals surface area (Å²) in [6.07, 6.45) is 3.24. The molecule has 0 aliphatic carbocycles. The fourth-order valence-corrected chi connectivity index (χ4v) is 2.74. The Hall–Kier alpha value is -2.27. The van der Waals surface area contributed by atoms with Gasteiger partial charge in [-0.2, -0.15) is 0 Å². The molecule has 3 rings (SSSR count). The van der Waals surface area contributed by atoms with E-state index < -0.39 is 5.82 Å². The van der Waals surface area contributed by atoms with Crippen LogP contribution >= 0.6 is 11.6 Å². The number of rotatable bonds is 3. The zero-order valence-corrected chi connectivity index (χ0v) is 12.3. The van der Waals surface area contributed by atoms with Crippen molar-refractivity contribution in [3.63, 3.8) is 0 Å². The van der Waals surface area contributed by atoms with Crippen LogP contribution in [0, 0.1) is 5.82 Å². The second kappa shape index (κ2) is 5.85. The zero-order valence-electron chi connectivity index (χ0n) is 11.6. The van der Waals surface area contributed by atoms with Crippen LogP contribution in [0.15, 0.2) is 30.5 Å². The van der Waals surface area contributed by atoms with Crippen molar-refractivity contribution in [1.29, 1.82) is 0 Å². The summed E-state index contributed by atoms with van der Waals surface area (Å²) in [5, 5.41) is 0.172. The average molecular weight is 319 g/mol. The normalized spacial score (nSPS) is 14.5. The van der Waals surface area contributed by atoms with Gasteiger partial charge in [-0.05, 0) is 30.7 Å². The van der Waals surface area contributed by atoms with Crippen LogP contribution in [-0.2, 0) is 4.79 Å². The van der Waals surface area contributed by atoms with Gasteiger partial charge in [-0.1, -0.05) is 11.6 Å². The summed E-state index contributed by atoms with van der Waals surface area (Å²) < 4.78 is 14.4. The molecule has 2 aromatic rings. The van der Waals surface area contributed by atoms with Gasteiger partial charge >= 0.3 is 0 Å².